The van der Waals surface area contributed by atoms with Gasteiger partial charge in [-0.3, -0.25) is 0 Å². The number of alkyl halides is 6. The summed E-state index contributed by atoms with van der Waals surface area (Å²) in [5.74, 6) is -2.62. The van der Waals surface area contributed by atoms with E-state index in [1.165, 1.54) is 0 Å². The Hall–Kier alpha value is -3.34. The lowest BCUT2D eigenvalue weighted by molar-refractivity contribution is -0.689. The molecule has 0 bridgehead atoms. The number of aromatic nitrogens is 6. The normalized spacial score (nSPS) is 31.3. The Balaban J connectivity index is 1.02. The van der Waals surface area contributed by atoms with Crippen molar-refractivity contribution in [2.75, 3.05) is 26.3 Å². The minimum Gasteiger partial charge on any atom is -0.369 e. The maximum absolute atomic E-state index is 13.5. The Kier molecular flexibility index (Phi) is 10.2. The summed E-state index contributed by atoms with van der Waals surface area (Å²) in [6.07, 6.45) is -6.72. The molecule has 2 aliphatic heterocycles. The van der Waals surface area contributed by atoms with Gasteiger partial charge in [0.15, 0.2) is 11.3 Å². The average molecular weight is 778 g/mol. The van der Waals surface area contributed by atoms with Crippen molar-refractivity contribution in [3.63, 3.8) is 0 Å². The van der Waals surface area contributed by atoms with Crippen molar-refractivity contribution in [1.82, 2.24) is 34.8 Å². The van der Waals surface area contributed by atoms with E-state index >= 15 is 0 Å². The van der Waals surface area contributed by atoms with Gasteiger partial charge in [-0.2, -0.15) is 31.4 Å². The van der Waals surface area contributed by atoms with Gasteiger partial charge in [-0.1, -0.05) is 9.61 Å². The lowest BCUT2D eigenvalue weighted by atomic mass is 9.80. The molecule has 2 saturated carbocycles. The molecule has 55 heavy (non-hydrogen) atoms. The molecule has 4 fully saturated rings. The van der Waals surface area contributed by atoms with Crippen LogP contribution in [0.15, 0.2) is 24.3 Å². The monoisotopic (exact) mass is 777 g/mol. The summed E-state index contributed by atoms with van der Waals surface area (Å²) in [5, 5.41) is 17.2. The molecule has 2 aliphatic carbocycles. The van der Waals surface area contributed by atoms with Gasteiger partial charge in [0.2, 0.25) is 0 Å². The van der Waals surface area contributed by atoms with E-state index in [2.05, 4.69) is 47.0 Å². The lowest BCUT2D eigenvalue weighted by Crippen LogP contribution is -2.61. The number of morpholine rings is 2. The number of aryl methyl sites for hydroxylation is 2. The van der Waals surface area contributed by atoms with Gasteiger partial charge in [0.05, 0.1) is 53.7 Å². The van der Waals surface area contributed by atoms with Crippen molar-refractivity contribution in [3.05, 3.63) is 58.4 Å². The third-order valence-corrected chi connectivity index (χ3v) is 12.5. The molecular formula is C39H51F6N8O2+. The smallest absolute Gasteiger partial charge is 0.369 e. The zero-order chi connectivity index (χ0) is 38.9. The Labute approximate surface area is 316 Å². The summed E-state index contributed by atoms with van der Waals surface area (Å²) in [6.45, 7) is 10.7. The highest BCUT2D eigenvalue weighted by molar-refractivity contribution is 5.43. The lowest BCUT2D eigenvalue weighted by Gasteiger charge is -2.38. The van der Waals surface area contributed by atoms with Crippen LogP contribution in [0.2, 0.25) is 0 Å². The van der Waals surface area contributed by atoms with Crippen LogP contribution >= 0.6 is 0 Å². The van der Waals surface area contributed by atoms with Gasteiger partial charge in [0, 0.05) is 48.8 Å². The Morgan fingerprint density at radius 2 is 1.36 bits per heavy atom. The average Bonchev–Trinajstić information content (AvgIpc) is 3.78. The largest absolute Gasteiger partial charge is 0.391 e. The molecule has 10 nitrogen and oxygen atoms in total. The standard InChI is InChI=1S/C39H51F6N8O2/c1-22-13-31(52-35(48-22)15-29(49-52)25-5-9-27(10-6-25)38(40,41)42)34-18-47-37(4,21-55-34)20-51-24(3)14-32(33-17-46-23(2)19-54-33)53-36(51)16-30(50-53)26-7-11-28(12-8-26)39(43,44)45/h13-16,23,25-28,33-34,46-47H,5-12,17-21H2,1-4H3/q+1/t23-,25?,26?,27?,28?,33+,34-,37?/m0/s1. The van der Waals surface area contributed by atoms with Gasteiger partial charge >= 0.3 is 18.0 Å². The van der Waals surface area contributed by atoms with Gasteiger partial charge < -0.3 is 20.1 Å². The third-order valence-electron chi connectivity index (χ3n) is 12.5. The molecule has 0 radical (unpaired) electrons. The predicted molar refractivity (Wildman–Crippen MR) is 191 cm³/mol. The highest BCUT2D eigenvalue weighted by Crippen LogP contribution is 2.44. The number of rotatable bonds is 6. The van der Waals surface area contributed by atoms with Crippen molar-refractivity contribution >= 4 is 11.3 Å². The van der Waals surface area contributed by atoms with Crippen LogP contribution in [0, 0.1) is 25.7 Å². The molecule has 4 atom stereocenters. The zero-order valence-electron chi connectivity index (χ0n) is 31.8. The zero-order valence-corrected chi connectivity index (χ0v) is 31.8. The Morgan fingerprint density at radius 1 is 0.782 bits per heavy atom. The van der Waals surface area contributed by atoms with E-state index < -0.39 is 29.7 Å². The Morgan fingerprint density at radius 3 is 1.93 bits per heavy atom. The number of fused-ring (bicyclic) bond motifs is 2. The van der Waals surface area contributed by atoms with Crippen LogP contribution in [-0.4, -0.2) is 74.4 Å². The number of hydrogen-bond acceptors (Lipinski definition) is 7. The number of hydrogen-bond donors (Lipinski definition) is 2. The van der Waals surface area contributed by atoms with Crippen LogP contribution < -0.4 is 15.2 Å². The van der Waals surface area contributed by atoms with Gasteiger partial charge in [-0.25, -0.2) is 14.1 Å². The summed E-state index contributed by atoms with van der Waals surface area (Å²) >= 11 is 0. The van der Waals surface area contributed by atoms with Gasteiger partial charge in [0.25, 0.3) is 0 Å². The summed E-state index contributed by atoms with van der Waals surface area (Å²) in [5.41, 5.74) is 6.14. The highest BCUT2D eigenvalue weighted by Gasteiger charge is 2.44. The summed E-state index contributed by atoms with van der Waals surface area (Å²) < 4.78 is 99.3. The van der Waals surface area contributed by atoms with Crippen LogP contribution in [0.5, 0.6) is 0 Å². The second kappa shape index (κ2) is 14.6. The van der Waals surface area contributed by atoms with Gasteiger partial charge in [-0.05, 0) is 85.1 Å². The van der Waals surface area contributed by atoms with Crippen LogP contribution in [0.4, 0.5) is 26.3 Å². The first-order valence-corrected chi connectivity index (χ1v) is 19.7. The fraction of sp³-hybridized carbons (Fsp3) is 0.692. The van der Waals surface area contributed by atoms with Crippen molar-refractivity contribution < 1.29 is 40.4 Å². The number of ether oxygens (including phenoxy) is 2. The first kappa shape index (κ1) is 38.5. The molecular weight excluding hydrogens is 726 g/mol. The van der Waals surface area contributed by atoms with E-state index in [1.807, 2.05) is 29.6 Å². The van der Waals surface area contributed by atoms with Gasteiger partial charge in [0.1, 0.15) is 24.4 Å². The molecule has 2 N–H and O–H groups in total. The highest BCUT2D eigenvalue weighted by atomic mass is 19.4. The first-order chi connectivity index (χ1) is 26.0. The number of nitrogens with zero attached hydrogens (tertiary/aromatic N) is 6. The molecule has 8 rings (SSSR count). The second-order valence-corrected chi connectivity index (χ2v) is 16.9. The van der Waals surface area contributed by atoms with Crippen LogP contribution in [0.1, 0.15) is 123 Å². The van der Waals surface area contributed by atoms with Crippen LogP contribution in [-0.2, 0) is 16.0 Å². The molecule has 1 unspecified atom stereocenters. The molecule has 4 aromatic rings. The van der Waals surface area contributed by atoms with E-state index in [4.69, 9.17) is 19.7 Å². The van der Waals surface area contributed by atoms with E-state index in [1.54, 1.807) is 4.52 Å². The van der Waals surface area contributed by atoms with Gasteiger partial charge in [-0.15, -0.1) is 0 Å². The molecule has 0 amide bonds. The quantitative estimate of drug-likeness (QED) is 0.159. The fourth-order valence-electron chi connectivity index (χ4n) is 9.20. The molecule has 4 aromatic heterocycles. The molecule has 300 valence electrons. The van der Waals surface area contributed by atoms with E-state index in [0.29, 0.717) is 64.2 Å². The fourth-order valence-corrected chi connectivity index (χ4v) is 9.20. The number of halogens is 6. The summed E-state index contributed by atoms with van der Waals surface area (Å²) in [4.78, 5) is 4.69. The summed E-state index contributed by atoms with van der Waals surface area (Å²) in [6, 6.07) is 8.24. The van der Waals surface area contributed by atoms with Crippen molar-refractivity contribution in [3.8, 4) is 0 Å². The van der Waals surface area contributed by atoms with E-state index in [-0.39, 0.29) is 55.8 Å². The SMILES string of the molecule is Cc1cc([C@@H]2CNC(C)(C[n+]3c(C)cc([C@H]4CN[C@@H](C)CO4)n4nc(C5CCC(C(F)(F)F)CC5)cc43)CO2)n2nc(C3CCC(C(F)(F)F)CC3)cc2n1. The molecule has 0 spiro atoms. The Bertz CT molecular complexity index is 1990. The first-order valence-electron chi connectivity index (χ1n) is 19.7. The van der Waals surface area contributed by atoms with Crippen LogP contribution in [0.25, 0.3) is 11.3 Å². The van der Waals surface area contributed by atoms with E-state index in [9.17, 15) is 26.3 Å². The van der Waals surface area contributed by atoms with Crippen molar-refractivity contribution in [1.29, 1.82) is 0 Å². The van der Waals surface area contributed by atoms with Crippen molar-refractivity contribution in [2.45, 2.75) is 134 Å². The maximum Gasteiger partial charge on any atom is 0.391 e. The molecule has 2 saturated heterocycles. The number of nitrogens with one attached hydrogen (secondary N) is 2. The molecule has 4 aliphatic rings. The third kappa shape index (κ3) is 7.84. The molecule has 6 heterocycles. The van der Waals surface area contributed by atoms with Crippen molar-refractivity contribution in [2.24, 2.45) is 11.8 Å². The van der Waals surface area contributed by atoms with Crippen LogP contribution in [0.3, 0.4) is 0 Å². The van der Waals surface area contributed by atoms with E-state index in [0.717, 1.165) is 39.8 Å². The predicted octanol–water partition coefficient (Wildman–Crippen LogP) is 7.12. The maximum atomic E-state index is 13.5. The summed E-state index contributed by atoms with van der Waals surface area (Å²) in [7, 11) is 0. The topological polar surface area (TPSA) is 93.9 Å². The second-order valence-electron chi connectivity index (χ2n) is 16.9. The minimum atomic E-state index is -4.17. The molecule has 0 aromatic carbocycles. The molecule has 16 heteroatoms. The minimum absolute atomic E-state index is 0.0471.